The van der Waals surface area contributed by atoms with Gasteiger partial charge in [-0.25, -0.2) is 0 Å². The fourth-order valence-corrected chi connectivity index (χ4v) is 2.84. The number of ether oxygens (including phenoxy) is 1. The average molecular weight is 321 g/mol. The van der Waals surface area contributed by atoms with Gasteiger partial charge in [0, 0.05) is 24.2 Å². The molecule has 0 N–H and O–H groups in total. The smallest absolute Gasteiger partial charge is 0.254 e. The Bertz CT molecular complexity index is 701. The predicted molar refractivity (Wildman–Crippen MR) is 81.8 cm³/mol. The molecule has 2 heterocycles. The van der Waals surface area contributed by atoms with Crippen LogP contribution >= 0.6 is 11.6 Å². The van der Waals surface area contributed by atoms with Gasteiger partial charge in [-0.2, -0.15) is 0 Å². The van der Waals surface area contributed by atoms with Gasteiger partial charge >= 0.3 is 0 Å². The Labute approximate surface area is 133 Å². The molecule has 1 atom stereocenters. The molecule has 1 saturated heterocycles. The summed E-state index contributed by atoms with van der Waals surface area (Å²) in [5.41, 5.74) is 1.54. The first-order chi connectivity index (χ1) is 10.6. The molecule has 6 nitrogen and oxygen atoms in total. The zero-order valence-corrected chi connectivity index (χ0v) is 13.2. The van der Waals surface area contributed by atoms with Crippen LogP contribution < -0.4 is 0 Å². The highest BCUT2D eigenvalue weighted by Gasteiger charge is 2.29. The first kappa shape index (κ1) is 15.0. The van der Waals surface area contributed by atoms with Crippen molar-refractivity contribution >= 4 is 17.5 Å². The highest BCUT2D eigenvalue weighted by Crippen LogP contribution is 2.23. The minimum atomic E-state index is -0.252. The van der Waals surface area contributed by atoms with E-state index in [0.29, 0.717) is 30.3 Å². The molecular weight excluding hydrogens is 304 g/mol. The molecule has 3 rings (SSSR count). The summed E-state index contributed by atoms with van der Waals surface area (Å²) < 4.78 is 7.54. The fraction of sp³-hybridized carbons (Fsp3) is 0.400. The summed E-state index contributed by atoms with van der Waals surface area (Å²) in [6.45, 7) is 3.40. The summed E-state index contributed by atoms with van der Waals surface area (Å²) in [7, 11) is 1.86. The Morgan fingerprint density at radius 1 is 1.45 bits per heavy atom. The third-order valence-electron chi connectivity index (χ3n) is 3.81. The highest BCUT2D eigenvalue weighted by atomic mass is 35.5. The second kappa shape index (κ2) is 6.06. The maximum atomic E-state index is 12.7. The fourth-order valence-electron chi connectivity index (χ4n) is 2.61. The van der Waals surface area contributed by atoms with Gasteiger partial charge < -0.3 is 14.2 Å². The lowest BCUT2D eigenvalue weighted by Gasteiger charge is -2.32. The molecule has 22 heavy (non-hydrogen) atoms. The van der Waals surface area contributed by atoms with Crippen molar-refractivity contribution in [3.8, 4) is 0 Å². The Hall–Kier alpha value is -1.92. The number of benzene rings is 1. The van der Waals surface area contributed by atoms with Gasteiger partial charge in [-0.05, 0) is 30.7 Å². The second-order valence-corrected chi connectivity index (χ2v) is 5.81. The van der Waals surface area contributed by atoms with Crippen LogP contribution in [0.2, 0.25) is 5.02 Å². The zero-order valence-electron chi connectivity index (χ0n) is 12.5. The standard InChI is InChI=1S/C15H17ClN4O2/c1-10-7-11(16)3-4-12(10)15(21)20-5-6-22-13(8-20)14-18-17-9-19(14)2/h3-4,7,9,13H,5-6,8H2,1-2H3. The monoisotopic (exact) mass is 320 g/mol. The molecule has 0 bridgehead atoms. The van der Waals surface area contributed by atoms with Crippen LogP contribution in [-0.2, 0) is 11.8 Å². The summed E-state index contributed by atoms with van der Waals surface area (Å²) >= 11 is 5.95. The van der Waals surface area contributed by atoms with E-state index in [1.54, 1.807) is 29.4 Å². The van der Waals surface area contributed by atoms with Crippen LogP contribution in [0.5, 0.6) is 0 Å². The number of aromatic nitrogens is 3. The third kappa shape index (κ3) is 2.84. The number of hydrogen-bond acceptors (Lipinski definition) is 4. The van der Waals surface area contributed by atoms with Gasteiger partial charge in [0.2, 0.25) is 0 Å². The second-order valence-electron chi connectivity index (χ2n) is 5.37. The normalized spacial score (nSPS) is 18.5. The largest absolute Gasteiger partial charge is 0.366 e. The van der Waals surface area contributed by atoms with Gasteiger partial charge in [0.25, 0.3) is 5.91 Å². The van der Waals surface area contributed by atoms with Crippen LogP contribution in [-0.4, -0.2) is 45.3 Å². The molecule has 1 aliphatic rings. The number of aryl methyl sites for hydroxylation is 2. The lowest BCUT2D eigenvalue weighted by molar-refractivity contribution is -0.0281. The number of nitrogens with zero attached hydrogens (tertiary/aromatic N) is 4. The molecule has 2 aromatic rings. The molecule has 116 valence electrons. The van der Waals surface area contributed by atoms with Gasteiger partial charge in [0.1, 0.15) is 12.4 Å². The van der Waals surface area contributed by atoms with Crippen LogP contribution in [0, 0.1) is 6.92 Å². The van der Waals surface area contributed by atoms with Crippen molar-refractivity contribution in [1.82, 2.24) is 19.7 Å². The molecule has 0 aliphatic carbocycles. The van der Waals surface area contributed by atoms with Crippen molar-refractivity contribution in [2.75, 3.05) is 19.7 Å². The van der Waals surface area contributed by atoms with E-state index in [2.05, 4.69) is 10.2 Å². The molecular formula is C15H17ClN4O2. The van der Waals surface area contributed by atoms with Crippen LogP contribution in [0.1, 0.15) is 27.8 Å². The summed E-state index contributed by atoms with van der Waals surface area (Å²) in [6, 6.07) is 5.31. The van der Waals surface area contributed by atoms with Gasteiger partial charge in [-0.1, -0.05) is 11.6 Å². The van der Waals surface area contributed by atoms with Crippen molar-refractivity contribution in [3.05, 3.63) is 46.5 Å². The van der Waals surface area contributed by atoms with Crippen LogP contribution in [0.15, 0.2) is 24.5 Å². The SMILES string of the molecule is Cc1cc(Cl)ccc1C(=O)N1CCOC(c2nncn2C)C1. The molecule has 1 unspecified atom stereocenters. The molecule has 0 spiro atoms. The van der Waals surface area contributed by atoms with E-state index in [4.69, 9.17) is 16.3 Å². The number of rotatable bonds is 2. The summed E-state index contributed by atoms with van der Waals surface area (Å²) in [5, 5.41) is 8.56. The van der Waals surface area contributed by atoms with E-state index in [0.717, 1.165) is 11.4 Å². The first-order valence-corrected chi connectivity index (χ1v) is 7.45. The number of carbonyl (C=O) groups excluding carboxylic acids is 1. The molecule has 1 amide bonds. The number of hydrogen-bond donors (Lipinski definition) is 0. The van der Waals surface area contributed by atoms with Crippen LogP contribution in [0.25, 0.3) is 0 Å². The molecule has 0 saturated carbocycles. The van der Waals surface area contributed by atoms with E-state index >= 15 is 0 Å². The van der Waals surface area contributed by atoms with Crippen LogP contribution in [0.3, 0.4) is 0 Å². The number of morpholine rings is 1. The predicted octanol–water partition coefficient (Wildman–Crippen LogP) is 1.99. The van der Waals surface area contributed by atoms with Crippen molar-refractivity contribution in [1.29, 1.82) is 0 Å². The number of halogens is 1. The Kier molecular flexibility index (Phi) is 4.13. The van der Waals surface area contributed by atoms with Crippen molar-refractivity contribution in [2.24, 2.45) is 7.05 Å². The van der Waals surface area contributed by atoms with Crippen LogP contribution in [0.4, 0.5) is 0 Å². The van der Waals surface area contributed by atoms with Gasteiger partial charge in [-0.15, -0.1) is 10.2 Å². The lowest BCUT2D eigenvalue weighted by Crippen LogP contribution is -2.43. The highest BCUT2D eigenvalue weighted by molar-refractivity contribution is 6.30. The molecule has 1 aliphatic heterocycles. The summed E-state index contributed by atoms with van der Waals surface area (Å²) in [5.74, 6) is 0.718. The van der Waals surface area contributed by atoms with Crippen molar-refractivity contribution in [2.45, 2.75) is 13.0 Å². The molecule has 1 fully saturated rings. The average Bonchev–Trinajstić information content (AvgIpc) is 2.93. The van der Waals surface area contributed by atoms with E-state index in [9.17, 15) is 4.79 Å². The summed E-state index contributed by atoms with van der Waals surface area (Å²) in [6.07, 6.45) is 1.38. The zero-order chi connectivity index (χ0) is 15.7. The first-order valence-electron chi connectivity index (χ1n) is 7.07. The van der Waals surface area contributed by atoms with E-state index in [-0.39, 0.29) is 12.0 Å². The van der Waals surface area contributed by atoms with Gasteiger partial charge in [-0.3, -0.25) is 4.79 Å². The van der Waals surface area contributed by atoms with E-state index < -0.39 is 0 Å². The molecule has 1 aromatic heterocycles. The maximum absolute atomic E-state index is 12.7. The maximum Gasteiger partial charge on any atom is 0.254 e. The molecule has 0 radical (unpaired) electrons. The van der Waals surface area contributed by atoms with Crippen molar-refractivity contribution in [3.63, 3.8) is 0 Å². The Balaban J connectivity index is 1.79. The number of amides is 1. The Morgan fingerprint density at radius 3 is 2.95 bits per heavy atom. The van der Waals surface area contributed by atoms with E-state index in [1.165, 1.54) is 0 Å². The Morgan fingerprint density at radius 2 is 2.27 bits per heavy atom. The molecule has 1 aromatic carbocycles. The summed E-state index contributed by atoms with van der Waals surface area (Å²) in [4.78, 5) is 14.5. The minimum absolute atomic E-state index is 0.00960. The van der Waals surface area contributed by atoms with Gasteiger partial charge in [0.05, 0.1) is 13.2 Å². The lowest BCUT2D eigenvalue weighted by atomic mass is 10.1. The number of carbonyl (C=O) groups is 1. The minimum Gasteiger partial charge on any atom is -0.366 e. The van der Waals surface area contributed by atoms with E-state index in [1.807, 2.05) is 18.5 Å². The third-order valence-corrected chi connectivity index (χ3v) is 4.04. The van der Waals surface area contributed by atoms with Gasteiger partial charge in [0.15, 0.2) is 5.82 Å². The van der Waals surface area contributed by atoms with Crippen molar-refractivity contribution < 1.29 is 9.53 Å². The molecule has 7 heteroatoms. The quantitative estimate of drug-likeness (QED) is 0.849. The topological polar surface area (TPSA) is 60.3 Å².